The Kier molecular flexibility index (Phi) is 6.77. The van der Waals surface area contributed by atoms with Crippen LogP contribution in [0.2, 0.25) is 0 Å². The quantitative estimate of drug-likeness (QED) is 0.388. The van der Waals surface area contributed by atoms with Crippen molar-refractivity contribution in [2.24, 2.45) is 7.05 Å². The summed E-state index contributed by atoms with van der Waals surface area (Å²) in [5.41, 5.74) is 2.70. The number of ether oxygens (including phenoxy) is 1. The molecule has 1 atom stereocenters. The number of fused-ring (bicyclic) bond motifs is 1. The van der Waals surface area contributed by atoms with E-state index in [1.807, 2.05) is 43.3 Å². The Morgan fingerprint density at radius 1 is 1.09 bits per heavy atom. The van der Waals surface area contributed by atoms with Crippen LogP contribution in [0.5, 0.6) is 5.75 Å². The molecule has 0 aliphatic rings. The number of anilines is 1. The van der Waals surface area contributed by atoms with Crippen molar-refractivity contribution in [1.29, 1.82) is 0 Å². The molecule has 35 heavy (non-hydrogen) atoms. The first-order valence-corrected chi connectivity index (χ1v) is 12.3. The molecule has 9 nitrogen and oxygen atoms in total. The minimum absolute atomic E-state index is 0.114. The summed E-state index contributed by atoms with van der Waals surface area (Å²) < 4.78 is 40.8. The van der Waals surface area contributed by atoms with E-state index in [0.717, 1.165) is 11.1 Å². The van der Waals surface area contributed by atoms with Crippen LogP contribution in [-0.4, -0.2) is 32.0 Å². The molecule has 0 saturated heterocycles. The Labute approximate surface area is 202 Å². The van der Waals surface area contributed by atoms with Gasteiger partial charge in [-0.05, 0) is 48.7 Å². The topological polar surface area (TPSA) is 120 Å². The Hall–Kier alpha value is -3.89. The molecule has 182 valence electrons. The van der Waals surface area contributed by atoms with Crippen LogP contribution in [0.3, 0.4) is 0 Å². The molecule has 0 aliphatic carbocycles. The van der Waals surface area contributed by atoms with E-state index in [0.29, 0.717) is 17.0 Å². The van der Waals surface area contributed by atoms with E-state index in [1.165, 1.54) is 36.9 Å². The summed E-state index contributed by atoms with van der Waals surface area (Å²) in [4.78, 5) is 25.0. The van der Waals surface area contributed by atoms with E-state index in [-0.39, 0.29) is 16.9 Å². The van der Waals surface area contributed by atoms with Gasteiger partial charge in [-0.25, -0.2) is 13.2 Å². The second-order valence-electron chi connectivity index (χ2n) is 8.11. The maximum atomic E-state index is 13.3. The van der Waals surface area contributed by atoms with Crippen molar-refractivity contribution in [3.05, 3.63) is 88.4 Å². The number of rotatable bonds is 8. The lowest BCUT2D eigenvalue weighted by Crippen LogP contribution is -2.45. The molecule has 0 fully saturated rings. The summed E-state index contributed by atoms with van der Waals surface area (Å²) in [6, 6.07) is 17.4. The van der Waals surface area contributed by atoms with Crippen LogP contribution in [0.1, 0.15) is 11.1 Å². The fourth-order valence-corrected chi connectivity index (χ4v) is 4.92. The van der Waals surface area contributed by atoms with Crippen LogP contribution in [0.25, 0.3) is 11.1 Å². The van der Waals surface area contributed by atoms with Gasteiger partial charge < -0.3 is 14.5 Å². The molecule has 0 saturated carbocycles. The monoisotopic (exact) mass is 495 g/mol. The fourth-order valence-electron chi connectivity index (χ4n) is 3.71. The third-order valence-corrected chi connectivity index (χ3v) is 7.05. The number of sulfonamides is 1. The standard InChI is InChI=1S/C25H25N3O6S/c1-16-9-12-22(33-3)19(13-16)26-24(29)20(14-17-7-5-4-6-8-17)27-35(31,32)18-10-11-21-23(15-18)34-25(30)28(21)2/h4-13,15,20,27H,14H2,1-3H3,(H,26,29). The first-order chi connectivity index (χ1) is 16.7. The molecular weight excluding hydrogens is 470 g/mol. The van der Waals surface area contributed by atoms with E-state index in [4.69, 9.17) is 9.15 Å². The van der Waals surface area contributed by atoms with E-state index in [9.17, 15) is 18.0 Å². The molecule has 0 bridgehead atoms. The molecule has 0 radical (unpaired) electrons. The van der Waals surface area contributed by atoms with Gasteiger partial charge in [0.1, 0.15) is 11.8 Å². The van der Waals surface area contributed by atoms with Crippen molar-refractivity contribution in [2.75, 3.05) is 12.4 Å². The number of carbonyl (C=O) groups excluding carboxylic acids is 1. The number of nitrogens with one attached hydrogen (secondary N) is 2. The molecule has 2 N–H and O–H groups in total. The van der Waals surface area contributed by atoms with Gasteiger partial charge in [-0.1, -0.05) is 36.4 Å². The Balaban J connectivity index is 1.66. The second kappa shape index (κ2) is 9.77. The van der Waals surface area contributed by atoms with Crippen LogP contribution in [0.15, 0.2) is 80.8 Å². The minimum Gasteiger partial charge on any atom is -0.495 e. The smallest absolute Gasteiger partial charge is 0.419 e. The van der Waals surface area contributed by atoms with E-state index in [1.54, 1.807) is 12.1 Å². The Morgan fingerprint density at radius 2 is 1.83 bits per heavy atom. The summed E-state index contributed by atoms with van der Waals surface area (Å²) in [5.74, 6) is -0.695. The van der Waals surface area contributed by atoms with Gasteiger partial charge in [0.05, 0.1) is 23.2 Å². The highest BCUT2D eigenvalue weighted by molar-refractivity contribution is 7.89. The number of hydrogen-bond acceptors (Lipinski definition) is 6. The lowest BCUT2D eigenvalue weighted by molar-refractivity contribution is -0.117. The number of nitrogens with zero attached hydrogens (tertiary/aromatic N) is 1. The molecule has 4 rings (SSSR count). The Bertz CT molecular complexity index is 1540. The first-order valence-electron chi connectivity index (χ1n) is 10.8. The van der Waals surface area contributed by atoms with Crippen LogP contribution < -0.4 is 20.5 Å². The highest BCUT2D eigenvalue weighted by Gasteiger charge is 2.27. The van der Waals surface area contributed by atoms with Crippen LogP contribution in [0.4, 0.5) is 5.69 Å². The number of benzene rings is 3. The molecule has 1 unspecified atom stereocenters. The number of carbonyl (C=O) groups is 1. The number of aryl methyl sites for hydroxylation is 2. The predicted molar refractivity (Wildman–Crippen MR) is 132 cm³/mol. The zero-order valence-corrected chi connectivity index (χ0v) is 20.3. The van der Waals surface area contributed by atoms with Gasteiger partial charge in [-0.2, -0.15) is 4.72 Å². The lowest BCUT2D eigenvalue weighted by atomic mass is 10.1. The predicted octanol–water partition coefficient (Wildman–Crippen LogP) is 2.98. The van der Waals surface area contributed by atoms with Crippen molar-refractivity contribution in [3.63, 3.8) is 0 Å². The number of hydrogen-bond donors (Lipinski definition) is 2. The van der Waals surface area contributed by atoms with Crippen LogP contribution >= 0.6 is 0 Å². The van der Waals surface area contributed by atoms with Crippen molar-refractivity contribution in [2.45, 2.75) is 24.3 Å². The van der Waals surface area contributed by atoms with Crippen molar-refractivity contribution < 1.29 is 22.4 Å². The minimum atomic E-state index is -4.15. The normalized spacial score (nSPS) is 12.4. The van der Waals surface area contributed by atoms with Gasteiger partial charge >= 0.3 is 5.76 Å². The third-order valence-electron chi connectivity index (χ3n) is 5.58. The summed E-state index contributed by atoms with van der Waals surface area (Å²) in [6.45, 7) is 1.87. The Morgan fingerprint density at radius 3 is 2.54 bits per heavy atom. The molecule has 10 heteroatoms. The molecule has 0 spiro atoms. The van der Waals surface area contributed by atoms with Crippen molar-refractivity contribution in [3.8, 4) is 5.75 Å². The summed E-state index contributed by atoms with van der Waals surface area (Å²) in [7, 11) is -1.13. The maximum absolute atomic E-state index is 13.3. The average molecular weight is 496 g/mol. The van der Waals surface area contributed by atoms with Gasteiger partial charge in [-0.15, -0.1) is 0 Å². The third kappa shape index (κ3) is 5.28. The SMILES string of the molecule is COc1ccc(C)cc1NC(=O)C(Cc1ccccc1)NS(=O)(=O)c1ccc2c(c1)oc(=O)n2C. The molecular formula is C25H25N3O6S. The van der Waals surface area contributed by atoms with Crippen molar-refractivity contribution in [1.82, 2.24) is 9.29 Å². The zero-order valence-electron chi connectivity index (χ0n) is 19.4. The summed E-state index contributed by atoms with van der Waals surface area (Å²) >= 11 is 0. The first kappa shape index (κ1) is 24.2. The van der Waals surface area contributed by atoms with Crippen molar-refractivity contribution >= 4 is 32.7 Å². The highest BCUT2D eigenvalue weighted by Crippen LogP contribution is 2.26. The maximum Gasteiger partial charge on any atom is 0.419 e. The van der Waals surface area contributed by atoms with E-state index < -0.39 is 27.7 Å². The number of methoxy groups -OCH3 is 1. The molecule has 1 amide bonds. The largest absolute Gasteiger partial charge is 0.495 e. The van der Waals surface area contributed by atoms with Crippen LogP contribution in [0, 0.1) is 6.92 Å². The summed E-state index contributed by atoms with van der Waals surface area (Å²) in [6.07, 6.45) is 0.114. The van der Waals surface area contributed by atoms with Gasteiger partial charge in [0.25, 0.3) is 0 Å². The average Bonchev–Trinajstić information content (AvgIpc) is 3.12. The van der Waals surface area contributed by atoms with Gasteiger partial charge in [0, 0.05) is 13.1 Å². The fraction of sp³-hybridized carbons (Fsp3) is 0.200. The summed E-state index contributed by atoms with van der Waals surface area (Å²) in [5, 5.41) is 2.78. The lowest BCUT2D eigenvalue weighted by Gasteiger charge is -2.20. The molecule has 4 aromatic rings. The second-order valence-corrected chi connectivity index (χ2v) is 9.83. The molecule has 3 aromatic carbocycles. The molecule has 1 heterocycles. The zero-order chi connectivity index (χ0) is 25.2. The van der Waals surface area contributed by atoms with E-state index >= 15 is 0 Å². The van der Waals surface area contributed by atoms with Gasteiger partial charge in [0.2, 0.25) is 15.9 Å². The van der Waals surface area contributed by atoms with Gasteiger partial charge in [0.15, 0.2) is 5.58 Å². The van der Waals surface area contributed by atoms with Crippen LogP contribution in [-0.2, 0) is 28.3 Å². The molecule has 0 aliphatic heterocycles. The highest BCUT2D eigenvalue weighted by atomic mass is 32.2. The number of aromatic nitrogens is 1. The van der Waals surface area contributed by atoms with Gasteiger partial charge in [-0.3, -0.25) is 9.36 Å². The number of oxazole rings is 1. The number of amides is 1. The molecule has 1 aromatic heterocycles. The van der Waals surface area contributed by atoms with E-state index in [2.05, 4.69) is 10.0 Å².